The summed E-state index contributed by atoms with van der Waals surface area (Å²) in [5.41, 5.74) is 0.536. The van der Waals surface area contributed by atoms with E-state index in [0.717, 1.165) is 51.2 Å². The fraction of sp³-hybridized carbons (Fsp3) is 0.625. The number of rotatable bonds is 5. The lowest BCUT2D eigenvalue weighted by molar-refractivity contribution is 0.125. The molecule has 2 atom stereocenters. The Hall–Kier alpha value is -1.07. The molecule has 1 fully saturated rings. The van der Waals surface area contributed by atoms with Crippen LogP contribution in [0.5, 0.6) is 0 Å². The van der Waals surface area contributed by atoms with Gasteiger partial charge in [-0.1, -0.05) is 20.3 Å². The maximum atomic E-state index is 13.6. The zero-order chi connectivity index (χ0) is 15.4. The summed E-state index contributed by atoms with van der Waals surface area (Å²) in [6.07, 6.45) is 1.98. The number of benzene rings is 1. The molecule has 118 valence electrons. The Bertz CT molecular complexity index is 450. The Morgan fingerprint density at radius 2 is 1.71 bits per heavy atom. The van der Waals surface area contributed by atoms with Crippen LogP contribution >= 0.6 is 0 Å². The Labute approximate surface area is 124 Å². The van der Waals surface area contributed by atoms with Crippen LogP contribution < -0.4 is 5.32 Å². The van der Waals surface area contributed by atoms with Gasteiger partial charge in [-0.15, -0.1) is 0 Å². The van der Waals surface area contributed by atoms with E-state index in [1.165, 1.54) is 0 Å². The average Bonchev–Trinajstić information content (AvgIpc) is 2.46. The van der Waals surface area contributed by atoms with Crippen molar-refractivity contribution in [2.24, 2.45) is 5.92 Å². The first-order valence-electron chi connectivity index (χ1n) is 7.63. The van der Waals surface area contributed by atoms with Gasteiger partial charge >= 0.3 is 0 Å². The van der Waals surface area contributed by atoms with Crippen LogP contribution in [0.1, 0.15) is 38.3 Å². The molecule has 21 heavy (non-hydrogen) atoms. The normalized spacial score (nSPS) is 19.5. The van der Waals surface area contributed by atoms with E-state index in [1.54, 1.807) is 0 Å². The summed E-state index contributed by atoms with van der Waals surface area (Å²) in [7, 11) is 0. The molecule has 0 spiro atoms. The third-order valence-electron chi connectivity index (χ3n) is 4.18. The summed E-state index contributed by atoms with van der Waals surface area (Å²) < 4.78 is 40.3. The van der Waals surface area contributed by atoms with Crippen LogP contribution in [0.15, 0.2) is 12.1 Å². The lowest BCUT2D eigenvalue weighted by Gasteiger charge is -2.38. The Morgan fingerprint density at radius 3 is 2.24 bits per heavy atom. The number of piperazine rings is 1. The van der Waals surface area contributed by atoms with E-state index in [9.17, 15) is 13.2 Å². The summed E-state index contributed by atoms with van der Waals surface area (Å²) in [6, 6.07) is 2.23. The van der Waals surface area contributed by atoms with Crippen LogP contribution in [0.4, 0.5) is 13.2 Å². The Balaban J connectivity index is 2.33. The highest BCUT2D eigenvalue weighted by atomic mass is 19.2. The molecule has 0 aliphatic carbocycles. The second-order valence-corrected chi connectivity index (χ2v) is 5.80. The third kappa shape index (κ3) is 3.77. The lowest BCUT2D eigenvalue weighted by atomic mass is 9.89. The molecule has 5 heteroatoms. The van der Waals surface area contributed by atoms with Gasteiger partial charge in [-0.05, 0) is 30.0 Å². The lowest BCUT2D eigenvalue weighted by Crippen LogP contribution is -2.46. The van der Waals surface area contributed by atoms with Gasteiger partial charge < -0.3 is 5.32 Å². The van der Waals surface area contributed by atoms with Gasteiger partial charge in [0.2, 0.25) is 0 Å². The van der Waals surface area contributed by atoms with Crippen molar-refractivity contribution in [2.45, 2.75) is 32.7 Å². The minimum absolute atomic E-state index is 0.0725. The highest BCUT2D eigenvalue weighted by Crippen LogP contribution is 2.33. The molecule has 1 N–H and O–H groups in total. The second-order valence-electron chi connectivity index (χ2n) is 5.80. The number of nitrogens with zero attached hydrogens (tertiary/aromatic N) is 1. The van der Waals surface area contributed by atoms with Gasteiger partial charge in [-0.2, -0.15) is 0 Å². The standard InChI is InChI=1S/C16H23F3N2/c1-3-4-11(2)16(21-7-5-20-6-8-21)12-9-13(17)15(19)14(18)10-12/h9-11,16,20H,3-8H2,1-2H3/t11?,16-/m0/s1. The fourth-order valence-electron chi connectivity index (χ4n) is 3.22. The molecule has 1 saturated heterocycles. The highest BCUT2D eigenvalue weighted by molar-refractivity contribution is 5.23. The Morgan fingerprint density at radius 1 is 1.14 bits per heavy atom. The molecule has 2 nitrogen and oxygen atoms in total. The molecule has 1 unspecified atom stereocenters. The smallest absolute Gasteiger partial charge is 0.194 e. The summed E-state index contributed by atoms with van der Waals surface area (Å²) in [4.78, 5) is 2.24. The molecule has 1 aromatic carbocycles. The second kappa shape index (κ2) is 7.27. The predicted octanol–water partition coefficient (Wildman–Crippen LogP) is 3.49. The van der Waals surface area contributed by atoms with Gasteiger partial charge in [0, 0.05) is 32.2 Å². The van der Waals surface area contributed by atoms with Gasteiger partial charge in [0.05, 0.1) is 0 Å². The minimum atomic E-state index is -1.39. The molecule has 0 radical (unpaired) electrons. The molecule has 1 aliphatic heterocycles. The number of halogens is 3. The van der Waals surface area contributed by atoms with Crippen molar-refractivity contribution in [3.05, 3.63) is 35.1 Å². The van der Waals surface area contributed by atoms with E-state index in [0.29, 0.717) is 5.56 Å². The number of hydrogen-bond donors (Lipinski definition) is 1. The molecule has 0 aromatic heterocycles. The van der Waals surface area contributed by atoms with E-state index < -0.39 is 17.5 Å². The van der Waals surface area contributed by atoms with Crippen LogP contribution in [0, 0.1) is 23.4 Å². The van der Waals surface area contributed by atoms with Crippen molar-refractivity contribution in [1.82, 2.24) is 10.2 Å². The van der Waals surface area contributed by atoms with E-state index in [-0.39, 0.29) is 12.0 Å². The van der Waals surface area contributed by atoms with Crippen molar-refractivity contribution in [1.29, 1.82) is 0 Å². The van der Waals surface area contributed by atoms with Gasteiger partial charge in [0.15, 0.2) is 17.5 Å². The van der Waals surface area contributed by atoms with Crippen molar-refractivity contribution < 1.29 is 13.2 Å². The zero-order valence-electron chi connectivity index (χ0n) is 12.6. The molecule has 1 aromatic rings. The number of nitrogens with one attached hydrogen (secondary N) is 1. The first kappa shape index (κ1) is 16.3. The van der Waals surface area contributed by atoms with Gasteiger partial charge in [-0.25, -0.2) is 13.2 Å². The van der Waals surface area contributed by atoms with Gasteiger partial charge in [0.25, 0.3) is 0 Å². The molecule has 0 amide bonds. The molecular weight excluding hydrogens is 277 g/mol. The van der Waals surface area contributed by atoms with E-state index in [4.69, 9.17) is 0 Å². The van der Waals surface area contributed by atoms with Crippen molar-refractivity contribution >= 4 is 0 Å². The van der Waals surface area contributed by atoms with E-state index in [2.05, 4.69) is 24.1 Å². The molecule has 1 heterocycles. The summed E-state index contributed by atoms with van der Waals surface area (Å²) in [5, 5.41) is 3.27. The molecule has 2 rings (SSSR count). The topological polar surface area (TPSA) is 15.3 Å². The van der Waals surface area contributed by atoms with Crippen LogP contribution in [-0.2, 0) is 0 Å². The zero-order valence-corrected chi connectivity index (χ0v) is 12.6. The van der Waals surface area contributed by atoms with Crippen molar-refractivity contribution in [2.75, 3.05) is 26.2 Å². The van der Waals surface area contributed by atoms with Gasteiger partial charge in [-0.3, -0.25) is 4.90 Å². The summed E-state index contributed by atoms with van der Waals surface area (Å²) >= 11 is 0. The molecular formula is C16H23F3N2. The number of hydrogen-bond acceptors (Lipinski definition) is 2. The predicted molar refractivity (Wildman–Crippen MR) is 77.6 cm³/mol. The largest absolute Gasteiger partial charge is 0.314 e. The monoisotopic (exact) mass is 300 g/mol. The van der Waals surface area contributed by atoms with E-state index >= 15 is 0 Å². The summed E-state index contributed by atoms with van der Waals surface area (Å²) in [6.45, 7) is 7.58. The molecule has 1 aliphatic rings. The quantitative estimate of drug-likeness (QED) is 0.838. The maximum absolute atomic E-state index is 13.6. The van der Waals surface area contributed by atoms with Crippen LogP contribution in [0.25, 0.3) is 0 Å². The molecule has 0 saturated carbocycles. The van der Waals surface area contributed by atoms with Crippen LogP contribution in [0.3, 0.4) is 0 Å². The SMILES string of the molecule is CCCC(C)[C@@H](c1cc(F)c(F)c(F)c1)N1CCNCC1. The summed E-state index contributed by atoms with van der Waals surface area (Å²) in [5.74, 6) is -3.33. The fourth-order valence-corrected chi connectivity index (χ4v) is 3.22. The molecule has 0 bridgehead atoms. The Kier molecular flexibility index (Phi) is 5.65. The first-order chi connectivity index (χ1) is 10.0. The van der Waals surface area contributed by atoms with Crippen molar-refractivity contribution in [3.63, 3.8) is 0 Å². The first-order valence-corrected chi connectivity index (χ1v) is 7.63. The average molecular weight is 300 g/mol. The van der Waals surface area contributed by atoms with Crippen molar-refractivity contribution in [3.8, 4) is 0 Å². The highest BCUT2D eigenvalue weighted by Gasteiger charge is 2.28. The van der Waals surface area contributed by atoms with Crippen LogP contribution in [-0.4, -0.2) is 31.1 Å². The van der Waals surface area contributed by atoms with Crippen LogP contribution in [0.2, 0.25) is 0 Å². The minimum Gasteiger partial charge on any atom is -0.314 e. The third-order valence-corrected chi connectivity index (χ3v) is 4.18. The van der Waals surface area contributed by atoms with Gasteiger partial charge in [0.1, 0.15) is 0 Å². The van der Waals surface area contributed by atoms with E-state index in [1.807, 2.05) is 0 Å². The maximum Gasteiger partial charge on any atom is 0.194 e.